The van der Waals surface area contributed by atoms with E-state index >= 15 is 0 Å². The summed E-state index contributed by atoms with van der Waals surface area (Å²) in [7, 11) is 0. The van der Waals surface area contributed by atoms with Crippen LogP contribution in [-0.4, -0.2) is 50.4 Å². The highest BCUT2D eigenvalue weighted by atomic mass is 16.6. The summed E-state index contributed by atoms with van der Waals surface area (Å²) >= 11 is 0. The number of amides is 2. The summed E-state index contributed by atoms with van der Waals surface area (Å²) < 4.78 is 10.5. The number of rotatable bonds is 6. The number of nitrogens with one attached hydrogen (secondary N) is 2. The molecule has 0 saturated carbocycles. The Hall–Kier alpha value is -3.06. The van der Waals surface area contributed by atoms with Crippen molar-refractivity contribution in [2.24, 2.45) is 0 Å². The van der Waals surface area contributed by atoms with Gasteiger partial charge in [0.1, 0.15) is 12.1 Å². The summed E-state index contributed by atoms with van der Waals surface area (Å²) in [4.78, 5) is 26.0. The molecule has 0 atom stereocenters. The van der Waals surface area contributed by atoms with Gasteiger partial charge in [-0.05, 0) is 55.7 Å². The van der Waals surface area contributed by atoms with E-state index in [1.54, 1.807) is 20.8 Å². The number of carbonyl (C=O) groups is 2. The zero-order valence-electron chi connectivity index (χ0n) is 18.4. The van der Waals surface area contributed by atoms with Gasteiger partial charge in [0.15, 0.2) is 0 Å². The minimum Gasteiger partial charge on any atom is -0.444 e. The third-order valence-corrected chi connectivity index (χ3v) is 4.79. The van der Waals surface area contributed by atoms with Gasteiger partial charge in [-0.2, -0.15) is 0 Å². The lowest BCUT2D eigenvalue weighted by atomic mass is 10.0. The maximum absolute atomic E-state index is 12.0. The average Bonchev–Trinajstić information content (AvgIpc) is 2.76. The molecule has 0 aromatic heterocycles. The molecule has 31 heavy (non-hydrogen) atoms. The van der Waals surface area contributed by atoms with Gasteiger partial charge in [-0.15, -0.1) is 0 Å². The predicted octanol–water partition coefficient (Wildman–Crippen LogP) is 3.33. The molecule has 0 spiro atoms. The van der Waals surface area contributed by atoms with Crippen LogP contribution >= 0.6 is 0 Å². The maximum Gasteiger partial charge on any atom is 0.408 e. The van der Waals surface area contributed by atoms with E-state index in [9.17, 15) is 9.59 Å². The minimum atomic E-state index is -0.606. The Kier molecular flexibility index (Phi) is 7.52. The summed E-state index contributed by atoms with van der Waals surface area (Å²) in [5.74, 6) is -0.272. The predicted molar refractivity (Wildman–Crippen MR) is 121 cm³/mol. The number of ether oxygens (including phenoxy) is 2. The topological polar surface area (TPSA) is 79.9 Å². The highest BCUT2D eigenvalue weighted by molar-refractivity contribution is 5.82. The number of nitrogens with zero attached hydrogens (tertiary/aromatic N) is 1. The molecule has 2 aromatic carbocycles. The quantitative estimate of drug-likeness (QED) is 0.742. The molecule has 1 fully saturated rings. The van der Waals surface area contributed by atoms with Crippen LogP contribution in [0.4, 0.5) is 10.5 Å². The lowest BCUT2D eigenvalue weighted by molar-refractivity contribution is -0.120. The Balaban J connectivity index is 1.52. The largest absolute Gasteiger partial charge is 0.444 e. The minimum absolute atomic E-state index is 0.127. The first-order chi connectivity index (χ1) is 14.8. The van der Waals surface area contributed by atoms with Gasteiger partial charge < -0.3 is 25.0 Å². The second kappa shape index (κ2) is 10.3. The van der Waals surface area contributed by atoms with Crippen molar-refractivity contribution < 1.29 is 19.1 Å². The monoisotopic (exact) mass is 425 g/mol. The lowest BCUT2D eigenvalue weighted by Crippen LogP contribution is -2.39. The number of alkyl carbamates (subject to hydrolysis) is 1. The molecule has 1 heterocycles. The van der Waals surface area contributed by atoms with Gasteiger partial charge in [-0.1, -0.05) is 30.3 Å². The van der Waals surface area contributed by atoms with Crippen LogP contribution in [0.15, 0.2) is 48.5 Å². The van der Waals surface area contributed by atoms with Crippen LogP contribution in [0, 0.1) is 0 Å². The van der Waals surface area contributed by atoms with Crippen molar-refractivity contribution in [2.45, 2.75) is 32.9 Å². The number of carbonyl (C=O) groups excluding carboxylic acids is 2. The van der Waals surface area contributed by atoms with E-state index in [2.05, 4.69) is 51.9 Å². The third-order valence-electron chi connectivity index (χ3n) is 4.79. The Morgan fingerprint density at radius 1 is 1.00 bits per heavy atom. The van der Waals surface area contributed by atoms with Crippen molar-refractivity contribution >= 4 is 17.7 Å². The molecule has 166 valence electrons. The van der Waals surface area contributed by atoms with Gasteiger partial charge in [0.25, 0.3) is 0 Å². The molecular formula is C24H31N3O4. The summed E-state index contributed by atoms with van der Waals surface area (Å²) in [6.07, 6.45) is -0.606. The summed E-state index contributed by atoms with van der Waals surface area (Å²) in [6, 6.07) is 16.6. The fraction of sp³-hybridized carbons (Fsp3) is 0.417. The fourth-order valence-electron chi connectivity index (χ4n) is 3.28. The SMILES string of the molecule is CC(C)(C)OC(=O)NCC(=O)NCc1cccc(-c2ccc(N3CCOCC3)cc2)c1. The molecule has 1 saturated heterocycles. The smallest absolute Gasteiger partial charge is 0.408 e. The highest BCUT2D eigenvalue weighted by Crippen LogP contribution is 2.24. The zero-order valence-corrected chi connectivity index (χ0v) is 18.4. The molecule has 2 amide bonds. The molecule has 0 unspecified atom stereocenters. The molecule has 2 N–H and O–H groups in total. The Morgan fingerprint density at radius 3 is 2.39 bits per heavy atom. The lowest BCUT2D eigenvalue weighted by Gasteiger charge is -2.28. The van der Waals surface area contributed by atoms with Crippen molar-refractivity contribution in [3.05, 3.63) is 54.1 Å². The Labute approximate surface area is 183 Å². The molecule has 0 bridgehead atoms. The molecular weight excluding hydrogens is 394 g/mol. The van der Waals surface area contributed by atoms with Crippen LogP contribution in [0.5, 0.6) is 0 Å². The number of anilines is 1. The number of hydrogen-bond donors (Lipinski definition) is 2. The molecule has 1 aliphatic rings. The van der Waals surface area contributed by atoms with Crippen LogP contribution < -0.4 is 15.5 Å². The second-order valence-corrected chi connectivity index (χ2v) is 8.48. The van der Waals surface area contributed by atoms with Gasteiger partial charge in [-0.3, -0.25) is 4.79 Å². The molecule has 7 nitrogen and oxygen atoms in total. The molecule has 2 aromatic rings. The Morgan fingerprint density at radius 2 is 1.71 bits per heavy atom. The third kappa shape index (κ3) is 7.29. The molecule has 7 heteroatoms. The zero-order chi connectivity index (χ0) is 22.3. The van der Waals surface area contributed by atoms with Crippen LogP contribution in [0.2, 0.25) is 0 Å². The van der Waals surface area contributed by atoms with Gasteiger partial charge in [-0.25, -0.2) is 4.79 Å². The maximum atomic E-state index is 12.0. The van der Waals surface area contributed by atoms with Gasteiger partial charge >= 0.3 is 6.09 Å². The van der Waals surface area contributed by atoms with Crippen molar-refractivity contribution in [3.8, 4) is 11.1 Å². The summed E-state index contributed by atoms with van der Waals surface area (Å²) in [5, 5.41) is 5.28. The van der Waals surface area contributed by atoms with E-state index in [1.807, 2.05) is 12.1 Å². The van der Waals surface area contributed by atoms with Crippen LogP contribution in [0.1, 0.15) is 26.3 Å². The molecule has 0 radical (unpaired) electrons. The molecule has 1 aliphatic heterocycles. The van der Waals surface area contributed by atoms with Gasteiger partial charge in [0.05, 0.1) is 13.2 Å². The average molecular weight is 426 g/mol. The van der Waals surface area contributed by atoms with Crippen molar-refractivity contribution in [1.29, 1.82) is 0 Å². The standard InChI is InChI=1S/C24H31N3O4/c1-24(2,3)31-23(29)26-17-22(28)25-16-18-5-4-6-20(15-18)19-7-9-21(10-8-19)27-11-13-30-14-12-27/h4-10,15H,11-14,16-17H2,1-3H3,(H,25,28)(H,26,29). The first-order valence-electron chi connectivity index (χ1n) is 10.6. The van der Waals surface area contributed by atoms with E-state index in [0.717, 1.165) is 43.0 Å². The normalized spacial score (nSPS) is 14.1. The highest BCUT2D eigenvalue weighted by Gasteiger charge is 2.16. The van der Waals surface area contributed by atoms with Crippen molar-refractivity contribution in [2.75, 3.05) is 37.7 Å². The first-order valence-corrected chi connectivity index (χ1v) is 10.6. The molecule has 0 aliphatic carbocycles. The van der Waals surface area contributed by atoms with Crippen LogP contribution in [0.25, 0.3) is 11.1 Å². The van der Waals surface area contributed by atoms with E-state index in [4.69, 9.17) is 9.47 Å². The van der Waals surface area contributed by atoms with Crippen LogP contribution in [0.3, 0.4) is 0 Å². The Bertz CT molecular complexity index is 884. The van der Waals surface area contributed by atoms with E-state index in [0.29, 0.717) is 6.54 Å². The van der Waals surface area contributed by atoms with Crippen LogP contribution in [-0.2, 0) is 20.8 Å². The van der Waals surface area contributed by atoms with Crippen molar-refractivity contribution in [3.63, 3.8) is 0 Å². The first kappa shape index (κ1) is 22.6. The van der Waals surface area contributed by atoms with Crippen molar-refractivity contribution in [1.82, 2.24) is 10.6 Å². The summed E-state index contributed by atoms with van der Waals surface area (Å²) in [6.45, 7) is 8.94. The molecule has 3 rings (SSSR count). The fourth-order valence-corrected chi connectivity index (χ4v) is 3.28. The van der Waals surface area contributed by atoms with Gasteiger partial charge in [0, 0.05) is 25.3 Å². The summed E-state index contributed by atoms with van der Waals surface area (Å²) in [5.41, 5.74) is 3.80. The second-order valence-electron chi connectivity index (χ2n) is 8.48. The van der Waals surface area contributed by atoms with E-state index in [1.165, 1.54) is 5.69 Å². The van der Waals surface area contributed by atoms with E-state index < -0.39 is 11.7 Å². The number of morpholine rings is 1. The van der Waals surface area contributed by atoms with E-state index in [-0.39, 0.29) is 12.5 Å². The number of benzene rings is 2. The number of hydrogen-bond acceptors (Lipinski definition) is 5. The van der Waals surface area contributed by atoms with Gasteiger partial charge in [0.2, 0.25) is 5.91 Å².